The van der Waals surface area contributed by atoms with Crippen molar-refractivity contribution in [1.82, 2.24) is 4.98 Å². The molecule has 0 fully saturated rings. The lowest BCUT2D eigenvalue weighted by Gasteiger charge is -2.30. The van der Waals surface area contributed by atoms with E-state index in [2.05, 4.69) is 32.7 Å². The van der Waals surface area contributed by atoms with Crippen LogP contribution >= 0.6 is 11.3 Å². The molecule has 1 heterocycles. The van der Waals surface area contributed by atoms with Gasteiger partial charge in [-0.1, -0.05) is 107 Å². The molecule has 0 aliphatic carbocycles. The Balaban J connectivity index is 2.54. The molecule has 0 atom stereocenters. The molecule has 0 aliphatic rings. The van der Waals surface area contributed by atoms with Crippen LogP contribution in [0.4, 0.5) is 5.13 Å². The van der Waals surface area contributed by atoms with Gasteiger partial charge in [-0.05, 0) is 68.9 Å². The minimum atomic E-state index is -4.64. The summed E-state index contributed by atoms with van der Waals surface area (Å²) in [6.45, 7) is 23.9. The van der Waals surface area contributed by atoms with Crippen molar-refractivity contribution >= 4 is 36.5 Å². The number of rotatable bonds is 11. The quantitative estimate of drug-likeness (QED) is 0.210. The maximum absolute atomic E-state index is 15.0. The van der Waals surface area contributed by atoms with Gasteiger partial charge in [-0.3, -0.25) is 0 Å². The Kier molecular flexibility index (Phi) is 10.4. The average molecular weight is 633 g/mol. The van der Waals surface area contributed by atoms with Crippen LogP contribution in [-0.2, 0) is 20.0 Å². The van der Waals surface area contributed by atoms with E-state index >= 15 is 16.8 Å². The molecule has 0 amide bonds. The minimum Gasteiger partial charge on any atom is -0.227 e. The SMILES string of the molecule is CC(C)c1cc(C(C)C)c(S(=O)(=O)N(c2nccs2)S(=O)(=O)c2c(C(C)C)cc(C(C)C)cc2C(C)C)c(C(C)C)c1. The Morgan fingerprint density at radius 1 is 0.548 bits per heavy atom. The summed E-state index contributed by atoms with van der Waals surface area (Å²) >= 11 is 1.00. The summed E-state index contributed by atoms with van der Waals surface area (Å²) in [5, 5.41) is 1.51. The lowest BCUT2D eigenvalue weighted by atomic mass is 9.89. The van der Waals surface area contributed by atoms with Gasteiger partial charge >= 0.3 is 0 Å². The van der Waals surface area contributed by atoms with Crippen molar-refractivity contribution in [2.75, 3.05) is 3.71 Å². The number of hydrogen-bond acceptors (Lipinski definition) is 6. The molecule has 0 saturated heterocycles. The van der Waals surface area contributed by atoms with E-state index in [-0.39, 0.29) is 50.4 Å². The fourth-order valence-electron chi connectivity index (χ4n) is 5.18. The molecule has 9 heteroatoms. The molecule has 232 valence electrons. The van der Waals surface area contributed by atoms with Crippen LogP contribution in [0.1, 0.15) is 152 Å². The summed E-state index contributed by atoms with van der Waals surface area (Å²) in [4.78, 5) is 4.40. The maximum Gasteiger partial charge on any atom is 0.280 e. The molecule has 2 aromatic carbocycles. The molecule has 1 aromatic heterocycles. The van der Waals surface area contributed by atoms with Crippen molar-refractivity contribution in [3.8, 4) is 0 Å². The van der Waals surface area contributed by atoms with Crippen molar-refractivity contribution in [3.63, 3.8) is 0 Å². The zero-order valence-corrected chi connectivity index (χ0v) is 29.6. The summed E-state index contributed by atoms with van der Waals surface area (Å²) in [7, 11) is -9.28. The van der Waals surface area contributed by atoms with Crippen molar-refractivity contribution in [3.05, 3.63) is 69.2 Å². The van der Waals surface area contributed by atoms with Crippen LogP contribution < -0.4 is 3.71 Å². The highest BCUT2D eigenvalue weighted by atomic mass is 32.3. The van der Waals surface area contributed by atoms with Gasteiger partial charge in [0.1, 0.15) is 0 Å². The van der Waals surface area contributed by atoms with Crippen LogP contribution in [0.3, 0.4) is 0 Å². The standard InChI is InChI=1S/C33H48N2O4S3/c1-19(2)25-15-27(21(5)6)31(28(16-25)22(7)8)41(36,37)35(33-34-13-14-40-33)42(38,39)32-29(23(9)10)17-26(20(3)4)18-30(32)24(11)12/h13-24H,1-12H3. The van der Waals surface area contributed by atoms with Gasteiger partial charge in [0, 0.05) is 11.6 Å². The van der Waals surface area contributed by atoms with Gasteiger partial charge < -0.3 is 0 Å². The van der Waals surface area contributed by atoms with E-state index in [0.29, 0.717) is 26.0 Å². The summed E-state index contributed by atoms with van der Waals surface area (Å²) in [6, 6.07) is 7.71. The Labute approximate surface area is 258 Å². The van der Waals surface area contributed by atoms with E-state index in [4.69, 9.17) is 0 Å². The third-order valence-electron chi connectivity index (χ3n) is 7.69. The van der Waals surface area contributed by atoms with Crippen LogP contribution in [0, 0.1) is 0 Å². The first-order valence-corrected chi connectivity index (χ1v) is 18.6. The summed E-state index contributed by atoms with van der Waals surface area (Å²) in [5.41, 5.74) is 4.52. The number of thiazole rings is 1. The lowest BCUT2D eigenvalue weighted by Crippen LogP contribution is -2.39. The van der Waals surface area contributed by atoms with Crippen molar-refractivity contribution < 1.29 is 16.8 Å². The van der Waals surface area contributed by atoms with Gasteiger partial charge in [-0.25, -0.2) is 4.98 Å². The predicted octanol–water partition coefficient (Wildman–Crippen LogP) is 9.47. The molecule has 6 nitrogen and oxygen atoms in total. The molecule has 3 rings (SSSR count). The van der Waals surface area contributed by atoms with Crippen LogP contribution in [0.5, 0.6) is 0 Å². The van der Waals surface area contributed by atoms with Crippen LogP contribution in [0.25, 0.3) is 0 Å². The fraction of sp³-hybridized carbons (Fsp3) is 0.545. The van der Waals surface area contributed by atoms with Crippen LogP contribution in [0.2, 0.25) is 0 Å². The van der Waals surface area contributed by atoms with Gasteiger partial charge in [0.15, 0.2) is 0 Å². The van der Waals surface area contributed by atoms with E-state index in [1.54, 1.807) is 5.38 Å². The van der Waals surface area contributed by atoms with Crippen molar-refractivity contribution in [1.29, 1.82) is 0 Å². The molecule has 0 saturated carbocycles. The molecule has 0 aliphatic heterocycles. The molecule has 3 aromatic rings. The molecule has 0 N–H and O–H groups in total. The van der Waals surface area contributed by atoms with E-state index < -0.39 is 20.0 Å². The highest BCUT2D eigenvalue weighted by molar-refractivity contribution is 8.10. The van der Waals surface area contributed by atoms with E-state index in [9.17, 15) is 0 Å². The lowest BCUT2D eigenvalue weighted by molar-refractivity contribution is 0.578. The number of sulfonamides is 2. The first-order valence-electron chi connectivity index (χ1n) is 14.9. The number of anilines is 1. The minimum absolute atomic E-state index is 0.0617. The van der Waals surface area contributed by atoms with Crippen molar-refractivity contribution in [2.24, 2.45) is 0 Å². The number of nitrogens with zero attached hydrogens (tertiary/aromatic N) is 2. The summed E-state index contributed by atoms with van der Waals surface area (Å²) in [5.74, 6) is -0.275. The molecule has 0 radical (unpaired) electrons. The van der Waals surface area contributed by atoms with Crippen LogP contribution in [-0.4, -0.2) is 21.8 Å². The van der Waals surface area contributed by atoms with Gasteiger partial charge in [0.25, 0.3) is 20.0 Å². The normalized spacial score (nSPS) is 13.0. The Morgan fingerprint density at radius 3 is 1.07 bits per heavy atom. The predicted molar refractivity (Wildman–Crippen MR) is 176 cm³/mol. The second-order valence-electron chi connectivity index (χ2n) is 13.0. The average Bonchev–Trinajstić information content (AvgIpc) is 3.40. The van der Waals surface area contributed by atoms with Gasteiger partial charge in [-0.2, -0.15) is 16.8 Å². The first-order chi connectivity index (χ1) is 19.3. The molecule has 0 unspecified atom stereocenters. The van der Waals surface area contributed by atoms with E-state index in [1.807, 2.05) is 79.7 Å². The smallest absolute Gasteiger partial charge is 0.227 e. The third-order valence-corrected chi connectivity index (χ3v) is 13.0. The molecule has 0 spiro atoms. The van der Waals surface area contributed by atoms with Gasteiger partial charge in [0.2, 0.25) is 5.13 Å². The highest BCUT2D eigenvalue weighted by Gasteiger charge is 2.44. The first kappa shape index (κ1) is 34.3. The Morgan fingerprint density at radius 2 is 0.857 bits per heavy atom. The molecule has 42 heavy (non-hydrogen) atoms. The summed E-state index contributed by atoms with van der Waals surface area (Å²) in [6.07, 6.45) is 1.45. The van der Waals surface area contributed by atoms with E-state index in [0.717, 1.165) is 22.5 Å². The van der Waals surface area contributed by atoms with E-state index in [1.165, 1.54) is 6.20 Å². The van der Waals surface area contributed by atoms with Crippen molar-refractivity contribution in [2.45, 2.75) is 128 Å². The number of benzene rings is 2. The fourth-order valence-corrected chi connectivity index (χ4v) is 11.2. The molecular weight excluding hydrogens is 585 g/mol. The van der Waals surface area contributed by atoms with Gasteiger partial charge in [-0.15, -0.1) is 15.0 Å². The zero-order chi connectivity index (χ0) is 31.9. The monoisotopic (exact) mass is 632 g/mol. The Hall–Kier alpha value is -2.23. The topological polar surface area (TPSA) is 84.4 Å². The second-order valence-corrected chi connectivity index (χ2v) is 17.6. The molecule has 0 bridgehead atoms. The number of hydrogen-bond donors (Lipinski definition) is 0. The number of aromatic nitrogens is 1. The highest BCUT2D eigenvalue weighted by Crippen LogP contribution is 2.43. The Bertz CT molecular complexity index is 1450. The second kappa shape index (κ2) is 12.8. The third kappa shape index (κ3) is 6.48. The maximum atomic E-state index is 15.0. The zero-order valence-electron chi connectivity index (χ0n) is 27.2. The largest absolute Gasteiger partial charge is 0.280 e. The van der Waals surface area contributed by atoms with Crippen LogP contribution in [0.15, 0.2) is 45.6 Å². The molecular formula is C33H48N2O4S3. The van der Waals surface area contributed by atoms with Gasteiger partial charge in [0.05, 0.1) is 9.79 Å². The summed E-state index contributed by atoms with van der Waals surface area (Å²) < 4.78 is 60.8.